The average molecular weight is 405 g/mol. The lowest BCUT2D eigenvalue weighted by atomic mass is 10.1. The smallest absolute Gasteiger partial charge is 0.226 e. The Morgan fingerprint density at radius 2 is 1.79 bits per heavy atom. The van der Waals surface area contributed by atoms with Gasteiger partial charge in [-0.15, -0.1) is 12.4 Å². The van der Waals surface area contributed by atoms with Crippen LogP contribution in [0, 0.1) is 5.82 Å². The maximum Gasteiger partial charge on any atom is 0.226 e. The summed E-state index contributed by atoms with van der Waals surface area (Å²) in [6, 6.07) is 13.5. The first-order valence-electron chi connectivity index (χ1n) is 8.80. The number of nitrogen functional groups attached to an aromatic ring is 1. The number of aryl methyl sites for hydroxylation is 1. The fourth-order valence-corrected chi connectivity index (χ4v) is 2.59. The first-order valence-corrected chi connectivity index (χ1v) is 8.80. The summed E-state index contributed by atoms with van der Waals surface area (Å²) < 4.78 is 18.1. The molecule has 0 radical (unpaired) electrons. The van der Waals surface area contributed by atoms with Crippen molar-refractivity contribution in [3.05, 3.63) is 65.8 Å². The van der Waals surface area contributed by atoms with Crippen molar-refractivity contribution >= 4 is 24.0 Å². The number of anilines is 1. The third-order valence-corrected chi connectivity index (χ3v) is 4.08. The van der Waals surface area contributed by atoms with Crippen LogP contribution >= 0.6 is 12.4 Å². The Morgan fingerprint density at radius 3 is 2.50 bits per heavy atom. The number of carbonyl (C=O) groups excluding carboxylic acids is 1. The SMILES string of the molecule is Cl.Nc1ccc(CCNC(=O)CCCc2nc(-c3ccc(F)cc3)no2)cc1. The minimum absolute atomic E-state index is 0. The summed E-state index contributed by atoms with van der Waals surface area (Å²) in [5, 5.41) is 6.78. The van der Waals surface area contributed by atoms with Crippen LogP contribution in [0.1, 0.15) is 24.3 Å². The van der Waals surface area contributed by atoms with Crippen LogP contribution in [0.4, 0.5) is 10.1 Å². The molecule has 0 aliphatic carbocycles. The van der Waals surface area contributed by atoms with Crippen molar-refractivity contribution in [3.8, 4) is 11.4 Å². The third-order valence-electron chi connectivity index (χ3n) is 4.08. The van der Waals surface area contributed by atoms with Gasteiger partial charge in [-0.3, -0.25) is 4.79 Å². The molecular weight excluding hydrogens is 383 g/mol. The molecule has 1 heterocycles. The minimum atomic E-state index is -0.315. The number of aromatic nitrogens is 2. The Hall–Kier alpha value is -2.93. The summed E-state index contributed by atoms with van der Waals surface area (Å²) in [6.07, 6.45) is 2.27. The lowest BCUT2D eigenvalue weighted by molar-refractivity contribution is -0.121. The first kappa shape index (κ1) is 21.4. The molecule has 1 aromatic heterocycles. The molecular formula is C20H22ClFN4O2. The largest absolute Gasteiger partial charge is 0.399 e. The van der Waals surface area contributed by atoms with Gasteiger partial charge in [0.1, 0.15) is 5.82 Å². The van der Waals surface area contributed by atoms with Gasteiger partial charge in [0.2, 0.25) is 17.6 Å². The number of rotatable bonds is 8. The zero-order chi connectivity index (χ0) is 19.1. The lowest BCUT2D eigenvalue weighted by Crippen LogP contribution is -2.25. The van der Waals surface area contributed by atoms with Crippen LogP contribution in [0.3, 0.4) is 0 Å². The van der Waals surface area contributed by atoms with E-state index in [9.17, 15) is 9.18 Å². The molecule has 0 aliphatic heterocycles. The van der Waals surface area contributed by atoms with E-state index in [4.69, 9.17) is 10.3 Å². The quantitative estimate of drug-likeness (QED) is 0.560. The number of halogens is 2. The molecule has 6 nitrogen and oxygen atoms in total. The number of hydrogen-bond donors (Lipinski definition) is 2. The maximum atomic E-state index is 12.9. The van der Waals surface area contributed by atoms with Crippen molar-refractivity contribution in [1.29, 1.82) is 0 Å². The molecule has 0 spiro atoms. The zero-order valence-electron chi connectivity index (χ0n) is 15.2. The molecule has 0 saturated carbocycles. The second-order valence-electron chi connectivity index (χ2n) is 6.21. The number of benzene rings is 2. The van der Waals surface area contributed by atoms with E-state index in [2.05, 4.69) is 15.5 Å². The summed E-state index contributed by atoms with van der Waals surface area (Å²) in [5.41, 5.74) is 8.19. The van der Waals surface area contributed by atoms with E-state index in [0.717, 1.165) is 17.7 Å². The van der Waals surface area contributed by atoms with Gasteiger partial charge in [0.15, 0.2) is 0 Å². The minimum Gasteiger partial charge on any atom is -0.399 e. The highest BCUT2D eigenvalue weighted by atomic mass is 35.5. The van der Waals surface area contributed by atoms with Crippen LogP contribution in [0.25, 0.3) is 11.4 Å². The Morgan fingerprint density at radius 1 is 1.07 bits per heavy atom. The van der Waals surface area contributed by atoms with Crippen LogP contribution in [0.5, 0.6) is 0 Å². The molecule has 0 bridgehead atoms. The normalized spacial score (nSPS) is 10.3. The average Bonchev–Trinajstić information content (AvgIpc) is 3.13. The van der Waals surface area contributed by atoms with Crippen LogP contribution in [-0.2, 0) is 17.6 Å². The summed E-state index contributed by atoms with van der Waals surface area (Å²) in [4.78, 5) is 16.2. The number of nitrogens with zero attached hydrogens (tertiary/aromatic N) is 2. The van der Waals surface area contributed by atoms with Crippen LogP contribution in [-0.4, -0.2) is 22.6 Å². The van der Waals surface area contributed by atoms with Crippen molar-refractivity contribution in [2.75, 3.05) is 12.3 Å². The Labute approximate surface area is 168 Å². The standard InChI is InChI=1S/C20H21FN4O2.ClH/c21-16-8-6-15(7-9-16)20-24-19(27-25-20)3-1-2-18(26)23-13-12-14-4-10-17(22)11-5-14;/h4-11H,1-3,12-13,22H2,(H,23,26);1H. The predicted octanol–water partition coefficient (Wildman–Crippen LogP) is 3.56. The maximum absolute atomic E-state index is 12.9. The van der Waals surface area contributed by atoms with Gasteiger partial charge in [-0.25, -0.2) is 4.39 Å². The second kappa shape index (κ2) is 10.4. The topological polar surface area (TPSA) is 94.0 Å². The number of nitrogens with two attached hydrogens (primary N) is 1. The van der Waals surface area contributed by atoms with E-state index < -0.39 is 0 Å². The molecule has 1 amide bonds. The van der Waals surface area contributed by atoms with Gasteiger partial charge in [0, 0.05) is 30.6 Å². The van der Waals surface area contributed by atoms with E-state index in [-0.39, 0.29) is 24.1 Å². The fraction of sp³-hybridized carbons (Fsp3) is 0.250. The van der Waals surface area contributed by atoms with Gasteiger partial charge in [0.05, 0.1) is 0 Å². The summed E-state index contributed by atoms with van der Waals surface area (Å²) in [5.74, 6) is 0.551. The van der Waals surface area contributed by atoms with Crippen LogP contribution < -0.4 is 11.1 Å². The number of nitrogens with one attached hydrogen (secondary N) is 1. The van der Waals surface area contributed by atoms with Gasteiger partial charge in [-0.05, 0) is 54.8 Å². The van der Waals surface area contributed by atoms with Crippen LogP contribution in [0.2, 0.25) is 0 Å². The van der Waals surface area contributed by atoms with Gasteiger partial charge in [-0.1, -0.05) is 17.3 Å². The molecule has 2 aromatic carbocycles. The molecule has 28 heavy (non-hydrogen) atoms. The fourth-order valence-electron chi connectivity index (χ4n) is 2.59. The zero-order valence-corrected chi connectivity index (χ0v) is 16.0. The number of carbonyl (C=O) groups is 1. The molecule has 0 saturated heterocycles. The second-order valence-corrected chi connectivity index (χ2v) is 6.21. The number of hydrogen-bond acceptors (Lipinski definition) is 5. The molecule has 8 heteroatoms. The molecule has 0 unspecified atom stereocenters. The van der Waals surface area contributed by atoms with E-state index >= 15 is 0 Å². The highest BCUT2D eigenvalue weighted by molar-refractivity contribution is 5.85. The van der Waals surface area contributed by atoms with Gasteiger partial charge < -0.3 is 15.6 Å². The summed E-state index contributed by atoms with van der Waals surface area (Å²) >= 11 is 0. The lowest BCUT2D eigenvalue weighted by Gasteiger charge is -2.05. The van der Waals surface area contributed by atoms with Crippen LogP contribution in [0.15, 0.2) is 53.1 Å². The van der Waals surface area contributed by atoms with Crippen molar-refractivity contribution in [2.45, 2.75) is 25.7 Å². The van der Waals surface area contributed by atoms with E-state index in [1.165, 1.54) is 12.1 Å². The van der Waals surface area contributed by atoms with Gasteiger partial charge in [-0.2, -0.15) is 4.98 Å². The van der Waals surface area contributed by atoms with Gasteiger partial charge in [0.25, 0.3) is 0 Å². The van der Waals surface area contributed by atoms with Crippen molar-refractivity contribution in [1.82, 2.24) is 15.5 Å². The summed E-state index contributed by atoms with van der Waals surface area (Å²) in [6.45, 7) is 0.581. The monoisotopic (exact) mass is 404 g/mol. The van der Waals surface area contributed by atoms with Crippen molar-refractivity contribution in [3.63, 3.8) is 0 Å². The highest BCUT2D eigenvalue weighted by Gasteiger charge is 2.09. The van der Waals surface area contributed by atoms with E-state index in [1.54, 1.807) is 12.1 Å². The Kier molecular flexibility index (Phi) is 7.95. The molecule has 0 atom stereocenters. The molecule has 3 aromatic rings. The van der Waals surface area contributed by atoms with Crippen molar-refractivity contribution < 1.29 is 13.7 Å². The van der Waals surface area contributed by atoms with E-state index in [0.29, 0.717) is 43.1 Å². The third kappa shape index (κ3) is 6.35. The molecule has 148 valence electrons. The molecule has 3 rings (SSSR count). The Bertz CT molecular complexity index is 882. The summed E-state index contributed by atoms with van der Waals surface area (Å²) in [7, 11) is 0. The first-order chi connectivity index (χ1) is 13.1. The molecule has 3 N–H and O–H groups in total. The molecule has 0 aliphatic rings. The van der Waals surface area contributed by atoms with Gasteiger partial charge >= 0.3 is 0 Å². The van der Waals surface area contributed by atoms with E-state index in [1.807, 2.05) is 24.3 Å². The predicted molar refractivity (Wildman–Crippen MR) is 107 cm³/mol. The molecule has 0 fully saturated rings. The van der Waals surface area contributed by atoms with Crippen molar-refractivity contribution in [2.24, 2.45) is 0 Å². The number of amides is 1. The highest BCUT2D eigenvalue weighted by Crippen LogP contribution is 2.16. The Balaban J connectivity index is 0.00000280.